The third kappa shape index (κ3) is 3.30. The molecule has 0 aliphatic heterocycles. The van der Waals surface area contributed by atoms with Crippen molar-refractivity contribution in [2.45, 2.75) is 5.41 Å². The first-order chi connectivity index (χ1) is 14.0. The summed E-state index contributed by atoms with van der Waals surface area (Å²) in [5.41, 5.74) is 0.0552. The van der Waals surface area contributed by atoms with Gasteiger partial charge in [0.25, 0.3) is 0 Å². The molecule has 3 aromatic rings. The Kier molecular flexibility index (Phi) is 4.91. The minimum Gasteiger partial charge on any atom is -0.447 e. The Bertz CT molecular complexity index is 1060. The van der Waals surface area contributed by atoms with E-state index < -0.39 is 18.1 Å². The number of carbonyl (C=O) groups is 3. The normalized spacial score (nSPS) is 14.4. The fourth-order valence-electron chi connectivity index (χ4n) is 3.50. The van der Waals surface area contributed by atoms with E-state index in [1.165, 1.54) is 0 Å². The molecule has 1 aliphatic rings. The van der Waals surface area contributed by atoms with Crippen LogP contribution in [-0.4, -0.2) is 24.3 Å². The predicted octanol–water partition coefficient (Wildman–Crippen LogP) is 4.91. The maximum absolute atomic E-state index is 13.3. The largest absolute Gasteiger partial charge is 0.447 e. The van der Waals surface area contributed by atoms with Gasteiger partial charge in [0.1, 0.15) is 6.61 Å². The van der Waals surface area contributed by atoms with Crippen molar-refractivity contribution in [1.82, 2.24) is 0 Å². The Balaban J connectivity index is 1.63. The SMILES string of the molecule is O=C(Nc1ccc(Cl)cc1)OCC1(c2ccccc2)C(=O)c2ccccc2C1=O. The van der Waals surface area contributed by atoms with Crippen molar-refractivity contribution in [1.29, 1.82) is 0 Å². The molecule has 4 rings (SSSR count). The zero-order valence-electron chi connectivity index (χ0n) is 15.2. The first-order valence-corrected chi connectivity index (χ1v) is 9.34. The first-order valence-electron chi connectivity index (χ1n) is 8.96. The number of benzene rings is 3. The maximum Gasteiger partial charge on any atom is 0.411 e. The van der Waals surface area contributed by atoms with E-state index in [9.17, 15) is 14.4 Å². The number of nitrogens with one attached hydrogen (secondary N) is 1. The van der Waals surface area contributed by atoms with Crippen molar-refractivity contribution in [2.24, 2.45) is 0 Å². The zero-order valence-corrected chi connectivity index (χ0v) is 16.0. The van der Waals surface area contributed by atoms with Gasteiger partial charge in [-0.3, -0.25) is 14.9 Å². The quantitative estimate of drug-likeness (QED) is 0.626. The Labute approximate surface area is 172 Å². The summed E-state index contributed by atoms with van der Waals surface area (Å²) in [5, 5.41) is 3.10. The number of carbonyl (C=O) groups excluding carboxylic acids is 3. The number of rotatable bonds is 4. The van der Waals surface area contributed by atoms with Gasteiger partial charge in [-0.2, -0.15) is 0 Å². The lowest BCUT2D eigenvalue weighted by molar-refractivity contribution is 0.0682. The molecule has 0 radical (unpaired) electrons. The van der Waals surface area contributed by atoms with Crippen LogP contribution in [0.25, 0.3) is 0 Å². The standard InChI is InChI=1S/C23H16ClNO4/c24-16-10-12-17(13-11-16)25-22(28)29-14-23(15-6-2-1-3-7-15)20(26)18-8-4-5-9-19(18)21(23)27/h1-13H,14H2,(H,25,28). The summed E-state index contributed by atoms with van der Waals surface area (Å²) < 4.78 is 5.37. The van der Waals surface area contributed by atoms with Crippen LogP contribution in [0.5, 0.6) is 0 Å². The third-order valence-electron chi connectivity index (χ3n) is 4.97. The molecule has 0 aromatic heterocycles. The van der Waals surface area contributed by atoms with Crippen LogP contribution in [0.1, 0.15) is 26.3 Å². The highest BCUT2D eigenvalue weighted by atomic mass is 35.5. The van der Waals surface area contributed by atoms with E-state index in [1.54, 1.807) is 78.9 Å². The molecule has 1 N–H and O–H groups in total. The van der Waals surface area contributed by atoms with E-state index in [2.05, 4.69) is 5.32 Å². The summed E-state index contributed by atoms with van der Waals surface area (Å²) in [6.07, 6.45) is -0.765. The van der Waals surface area contributed by atoms with E-state index in [-0.39, 0.29) is 11.6 Å². The topological polar surface area (TPSA) is 72.5 Å². The average Bonchev–Trinajstić information content (AvgIpc) is 2.97. The van der Waals surface area contributed by atoms with Crippen molar-refractivity contribution < 1.29 is 19.1 Å². The molecule has 6 heteroatoms. The van der Waals surface area contributed by atoms with Gasteiger partial charge < -0.3 is 4.74 Å². The van der Waals surface area contributed by atoms with E-state index in [4.69, 9.17) is 16.3 Å². The maximum atomic E-state index is 13.3. The van der Waals surface area contributed by atoms with E-state index >= 15 is 0 Å². The van der Waals surface area contributed by atoms with Crippen molar-refractivity contribution in [3.8, 4) is 0 Å². The number of ether oxygens (including phenoxy) is 1. The van der Waals surface area contributed by atoms with E-state index in [0.717, 1.165) is 0 Å². The number of Topliss-reactive ketones (excluding diaryl/α,β-unsaturated/α-hetero) is 2. The zero-order chi connectivity index (χ0) is 20.4. The van der Waals surface area contributed by atoms with Crippen LogP contribution in [0.3, 0.4) is 0 Å². The molecule has 3 aromatic carbocycles. The van der Waals surface area contributed by atoms with Gasteiger partial charge in [0.15, 0.2) is 17.0 Å². The molecule has 0 fully saturated rings. The minimum absolute atomic E-state index is 0.336. The van der Waals surface area contributed by atoms with Gasteiger partial charge in [-0.15, -0.1) is 0 Å². The highest BCUT2D eigenvalue weighted by Crippen LogP contribution is 2.40. The van der Waals surface area contributed by atoms with Gasteiger partial charge in [-0.1, -0.05) is 66.2 Å². The lowest BCUT2D eigenvalue weighted by Gasteiger charge is -2.26. The molecule has 0 spiro atoms. The number of ketones is 2. The Morgan fingerprint density at radius 3 is 1.97 bits per heavy atom. The monoisotopic (exact) mass is 405 g/mol. The Morgan fingerprint density at radius 2 is 1.38 bits per heavy atom. The fraction of sp³-hybridized carbons (Fsp3) is 0.0870. The van der Waals surface area contributed by atoms with Crippen LogP contribution in [0.15, 0.2) is 78.9 Å². The second-order valence-electron chi connectivity index (χ2n) is 6.68. The van der Waals surface area contributed by atoms with Crippen LogP contribution in [0, 0.1) is 0 Å². The van der Waals surface area contributed by atoms with Crippen molar-refractivity contribution in [3.05, 3.63) is 101 Å². The summed E-state index contributed by atoms with van der Waals surface area (Å²) >= 11 is 5.84. The molecule has 0 saturated heterocycles. The lowest BCUT2D eigenvalue weighted by Crippen LogP contribution is -2.44. The highest BCUT2D eigenvalue weighted by Gasteiger charge is 2.55. The number of halogens is 1. The second-order valence-corrected chi connectivity index (χ2v) is 7.12. The van der Waals surface area contributed by atoms with Crippen LogP contribution in [-0.2, 0) is 10.2 Å². The van der Waals surface area contributed by atoms with Crippen molar-refractivity contribution in [2.75, 3.05) is 11.9 Å². The molecule has 29 heavy (non-hydrogen) atoms. The molecular weight excluding hydrogens is 390 g/mol. The average molecular weight is 406 g/mol. The number of hydrogen-bond donors (Lipinski definition) is 1. The van der Waals surface area contributed by atoms with Gasteiger partial charge in [0, 0.05) is 21.8 Å². The summed E-state index contributed by atoms with van der Waals surface area (Å²) in [4.78, 5) is 38.9. The minimum atomic E-state index is -1.59. The van der Waals surface area contributed by atoms with Crippen molar-refractivity contribution in [3.63, 3.8) is 0 Å². The van der Waals surface area contributed by atoms with Gasteiger partial charge in [0.05, 0.1) is 0 Å². The number of fused-ring (bicyclic) bond motifs is 1. The molecule has 0 unspecified atom stereocenters. The highest BCUT2D eigenvalue weighted by molar-refractivity contribution is 6.33. The summed E-state index contributed by atoms with van der Waals surface area (Å²) in [7, 11) is 0. The smallest absolute Gasteiger partial charge is 0.411 e. The van der Waals surface area contributed by atoms with Gasteiger partial charge >= 0.3 is 6.09 Å². The molecule has 5 nitrogen and oxygen atoms in total. The molecule has 0 atom stereocenters. The Morgan fingerprint density at radius 1 is 0.828 bits per heavy atom. The summed E-state index contributed by atoms with van der Waals surface area (Å²) in [6.45, 7) is -0.400. The number of hydrogen-bond acceptors (Lipinski definition) is 4. The first kappa shape index (κ1) is 18.9. The molecule has 1 aliphatic carbocycles. The van der Waals surface area contributed by atoms with Crippen molar-refractivity contribution >= 4 is 34.9 Å². The van der Waals surface area contributed by atoms with Gasteiger partial charge in [0.2, 0.25) is 0 Å². The molecule has 144 valence electrons. The molecule has 0 heterocycles. The second kappa shape index (κ2) is 7.53. The number of amides is 1. The molecule has 0 bridgehead atoms. The molecule has 1 amide bonds. The van der Waals surface area contributed by atoms with E-state index in [0.29, 0.717) is 27.4 Å². The van der Waals surface area contributed by atoms with Gasteiger partial charge in [-0.05, 0) is 29.8 Å². The summed E-state index contributed by atoms with van der Waals surface area (Å²) in [6, 6.07) is 21.8. The molecule has 0 saturated carbocycles. The Hall–Kier alpha value is -3.44. The predicted molar refractivity (Wildman–Crippen MR) is 110 cm³/mol. The molecular formula is C23H16ClNO4. The van der Waals surface area contributed by atoms with Crippen LogP contribution >= 0.6 is 11.6 Å². The summed E-state index contributed by atoms with van der Waals surface area (Å²) in [5.74, 6) is -0.743. The fourth-order valence-corrected chi connectivity index (χ4v) is 3.63. The van der Waals surface area contributed by atoms with Crippen LogP contribution in [0.4, 0.5) is 10.5 Å². The van der Waals surface area contributed by atoms with Crippen LogP contribution < -0.4 is 5.32 Å². The van der Waals surface area contributed by atoms with Gasteiger partial charge in [-0.25, -0.2) is 4.79 Å². The van der Waals surface area contributed by atoms with Crippen LogP contribution in [0.2, 0.25) is 5.02 Å². The van der Waals surface area contributed by atoms with E-state index in [1.807, 2.05) is 0 Å². The number of anilines is 1. The lowest BCUT2D eigenvalue weighted by atomic mass is 9.76. The third-order valence-corrected chi connectivity index (χ3v) is 5.22.